The Balaban J connectivity index is 1.60. The second-order valence-corrected chi connectivity index (χ2v) is 10.8. The van der Waals surface area contributed by atoms with Crippen LogP contribution in [0.4, 0.5) is 5.69 Å². The van der Waals surface area contributed by atoms with E-state index < -0.39 is 27.4 Å². The van der Waals surface area contributed by atoms with Crippen molar-refractivity contribution in [3.05, 3.63) is 69.7 Å². The molecule has 3 aromatic carbocycles. The number of unbranched alkanes of at least 4 members (excludes halogenated alkanes) is 2. The SMILES string of the molecule is CCCCCN1C(=O)C2(COc3cc4c(cc32)O[I-]O4)c2c(-c3cc(Cl)cc(Cl)c3)cccc21. The normalized spacial score (nSPS) is 19.7. The van der Waals surface area contributed by atoms with Crippen LogP contribution in [0.2, 0.25) is 10.0 Å². The van der Waals surface area contributed by atoms with Crippen molar-refractivity contribution in [3.8, 4) is 28.4 Å². The van der Waals surface area contributed by atoms with Crippen LogP contribution >= 0.6 is 23.2 Å². The molecule has 8 heteroatoms. The molecule has 1 unspecified atom stereocenters. The number of amides is 1. The van der Waals surface area contributed by atoms with Gasteiger partial charge in [0.15, 0.2) is 0 Å². The zero-order chi connectivity index (χ0) is 23.4. The summed E-state index contributed by atoms with van der Waals surface area (Å²) in [5, 5.41) is 1.10. The van der Waals surface area contributed by atoms with Gasteiger partial charge in [0.2, 0.25) is 0 Å². The van der Waals surface area contributed by atoms with E-state index in [0.717, 1.165) is 47.2 Å². The number of halogens is 3. The summed E-state index contributed by atoms with van der Waals surface area (Å²) in [5.41, 5.74) is 3.50. The van der Waals surface area contributed by atoms with Gasteiger partial charge in [-0.05, 0) is 0 Å². The van der Waals surface area contributed by atoms with Gasteiger partial charge >= 0.3 is 220 Å². The molecular formula is C26H21Cl2INO4-. The molecule has 3 aromatic rings. The quantitative estimate of drug-likeness (QED) is 0.328. The van der Waals surface area contributed by atoms with E-state index in [0.29, 0.717) is 33.8 Å². The van der Waals surface area contributed by atoms with Crippen molar-refractivity contribution in [1.29, 1.82) is 0 Å². The summed E-state index contributed by atoms with van der Waals surface area (Å²) in [7, 11) is 0. The molecule has 1 amide bonds. The first-order valence-corrected chi connectivity index (χ1v) is 13.8. The minimum absolute atomic E-state index is 0.0338. The number of hydrogen-bond donors (Lipinski definition) is 0. The standard InChI is InChI=1S/C26H21Cl2INO4/c1-2-3-4-8-30-20-7-5-6-18(15-9-16(27)11-17(28)10-15)24(20)26(25(30)31)14-32-21-13-23-22(12-19(21)26)33-29-34-23/h5-7,9-13H,2-4,8,14H2,1H3/q-1. The van der Waals surface area contributed by atoms with Crippen LogP contribution < -0.4 is 37.8 Å². The van der Waals surface area contributed by atoms with Gasteiger partial charge in [-0.1, -0.05) is 0 Å². The number of ether oxygens (including phenoxy) is 1. The monoisotopic (exact) mass is 608 g/mol. The Hall–Kier alpha value is -2.16. The summed E-state index contributed by atoms with van der Waals surface area (Å²) in [6.07, 6.45) is 3.08. The van der Waals surface area contributed by atoms with Gasteiger partial charge in [0.25, 0.3) is 0 Å². The Labute approximate surface area is 219 Å². The van der Waals surface area contributed by atoms with E-state index in [9.17, 15) is 4.79 Å². The van der Waals surface area contributed by atoms with Crippen LogP contribution in [0.5, 0.6) is 17.2 Å². The maximum absolute atomic E-state index is 14.3. The molecule has 0 radical (unpaired) electrons. The molecule has 1 spiro atoms. The summed E-state index contributed by atoms with van der Waals surface area (Å²) in [6, 6.07) is 15.3. The minimum atomic E-state index is -0.971. The van der Waals surface area contributed by atoms with Gasteiger partial charge in [-0.3, -0.25) is 0 Å². The topological polar surface area (TPSA) is 48.0 Å². The van der Waals surface area contributed by atoms with E-state index >= 15 is 0 Å². The number of nitrogens with zero attached hydrogens (tertiary/aromatic N) is 1. The molecule has 3 aliphatic rings. The molecule has 0 saturated heterocycles. The number of carbonyl (C=O) groups excluding carboxylic acids is 1. The van der Waals surface area contributed by atoms with Crippen LogP contribution in [0.1, 0.15) is 37.3 Å². The van der Waals surface area contributed by atoms with E-state index in [-0.39, 0.29) is 12.5 Å². The third kappa shape index (κ3) is 3.29. The number of hydrogen-bond acceptors (Lipinski definition) is 4. The van der Waals surface area contributed by atoms with Crippen LogP contribution in [0, 0.1) is 0 Å². The first-order chi connectivity index (χ1) is 16.5. The van der Waals surface area contributed by atoms with Crippen molar-refractivity contribution in [3.63, 3.8) is 0 Å². The second kappa shape index (κ2) is 8.50. The van der Waals surface area contributed by atoms with Gasteiger partial charge in [-0.25, -0.2) is 0 Å². The molecule has 6 rings (SSSR count). The number of carbonyl (C=O) groups is 1. The van der Waals surface area contributed by atoms with Crippen molar-refractivity contribution in [2.45, 2.75) is 31.6 Å². The van der Waals surface area contributed by atoms with Crippen LogP contribution in [0.15, 0.2) is 48.5 Å². The van der Waals surface area contributed by atoms with Gasteiger partial charge in [-0.2, -0.15) is 0 Å². The Morgan fingerprint density at radius 1 is 1.00 bits per heavy atom. The van der Waals surface area contributed by atoms with Crippen LogP contribution in [-0.4, -0.2) is 19.1 Å². The van der Waals surface area contributed by atoms with E-state index in [1.54, 1.807) is 6.07 Å². The number of benzene rings is 3. The molecule has 0 bridgehead atoms. The molecule has 0 fully saturated rings. The summed E-state index contributed by atoms with van der Waals surface area (Å²) in [5.74, 6) is 2.07. The summed E-state index contributed by atoms with van der Waals surface area (Å²) < 4.78 is 17.6. The Morgan fingerprint density at radius 3 is 2.53 bits per heavy atom. The molecule has 0 saturated carbocycles. The van der Waals surface area contributed by atoms with Crippen molar-refractivity contribution >= 4 is 34.8 Å². The van der Waals surface area contributed by atoms with Gasteiger partial charge in [0.1, 0.15) is 0 Å². The summed E-state index contributed by atoms with van der Waals surface area (Å²) in [6.45, 7) is 3.04. The molecule has 0 N–H and O–H groups in total. The van der Waals surface area contributed by atoms with Gasteiger partial charge < -0.3 is 0 Å². The predicted molar refractivity (Wildman–Crippen MR) is 128 cm³/mol. The van der Waals surface area contributed by atoms with Crippen LogP contribution in [0.3, 0.4) is 0 Å². The number of rotatable bonds is 5. The van der Waals surface area contributed by atoms with Crippen LogP contribution in [-0.2, 0) is 10.2 Å². The molecule has 5 nitrogen and oxygen atoms in total. The molecule has 3 aliphatic heterocycles. The van der Waals surface area contributed by atoms with Gasteiger partial charge in [0, 0.05) is 0 Å². The third-order valence-electron chi connectivity index (χ3n) is 6.71. The van der Waals surface area contributed by atoms with E-state index in [4.69, 9.17) is 34.1 Å². The Bertz CT molecular complexity index is 1310. The molecule has 0 aromatic heterocycles. The van der Waals surface area contributed by atoms with Crippen LogP contribution in [0.25, 0.3) is 11.1 Å². The molecule has 34 heavy (non-hydrogen) atoms. The Morgan fingerprint density at radius 2 is 1.76 bits per heavy atom. The van der Waals surface area contributed by atoms with Gasteiger partial charge in [-0.15, -0.1) is 0 Å². The number of fused-ring (bicyclic) bond motifs is 5. The fourth-order valence-corrected chi connectivity index (χ4v) is 6.89. The molecule has 3 heterocycles. The average Bonchev–Trinajstić information content (AvgIpc) is 3.49. The van der Waals surface area contributed by atoms with Crippen molar-refractivity contribution < 1.29 is 37.7 Å². The zero-order valence-corrected chi connectivity index (χ0v) is 22.0. The van der Waals surface area contributed by atoms with Gasteiger partial charge in [0.05, 0.1) is 0 Å². The van der Waals surface area contributed by atoms with E-state index in [1.165, 1.54) is 0 Å². The van der Waals surface area contributed by atoms with E-state index in [2.05, 4.69) is 6.92 Å². The first-order valence-electron chi connectivity index (χ1n) is 11.2. The first kappa shape index (κ1) is 22.3. The molecule has 1 atom stereocenters. The van der Waals surface area contributed by atoms with Crippen molar-refractivity contribution in [1.82, 2.24) is 0 Å². The van der Waals surface area contributed by atoms with Crippen molar-refractivity contribution in [2.75, 3.05) is 18.1 Å². The molecular weight excluding hydrogens is 588 g/mol. The molecule has 176 valence electrons. The molecule has 0 aliphatic carbocycles. The summed E-state index contributed by atoms with van der Waals surface area (Å²) in [4.78, 5) is 16.2. The maximum atomic E-state index is 14.3. The van der Waals surface area contributed by atoms with E-state index in [1.807, 2.05) is 47.4 Å². The Kier molecular flexibility index (Phi) is 5.58. The zero-order valence-electron chi connectivity index (χ0n) is 18.4. The predicted octanol–water partition coefficient (Wildman–Crippen LogP) is 3.57. The number of anilines is 1. The second-order valence-electron chi connectivity index (χ2n) is 8.73. The fraction of sp³-hybridized carbons (Fsp3) is 0.269. The average molecular weight is 609 g/mol. The summed E-state index contributed by atoms with van der Waals surface area (Å²) >= 11 is 11.9. The third-order valence-corrected chi connectivity index (χ3v) is 8.45. The van der Waals surface area contributed by atoms with Crippen molar-refractivity contribution in [2.24, 2.45) is 0 Å². The fourth-order valence-electron chi connectivity index (χ4n) is 5.20.